The summed E-state index contributed by atoms with van der Waals surface area (Å²) >= 11 is 0. The van der Waals surface area contributed by atoms with Gasteiger partial charge in [0.25, 0.3) is 5.82 Å². The molecule has 7 nitrogen and oxygen atoms in total. The summed E-state index contributed by atoms with van der Waals surface area (Å²) in [5.41, 5.74) is 1.86. The predicted octanol–water partition coefficient (Wildman–Crippen LogP) is 1.55. The van der Waals surface area contributed by atoms with Crippen molar-refractivity contribution in [1.29, 1.82) is 0 Å². The van der Waals surface area contributed by atoms with Gasteiger partial charge in [-0.25, -0.2) is 14.6 Å². The van der Waals surface area contributed by atoms with Crippen LogP contribution in [-0.2, 0) is 11.3 Å². The van der Waals surface area contributed by atoms with Crippen LogP contribution in [0.25, 0.3) is 16.6 Å². The fourth-order valence-corrected chi connectivity index (χ4v) is 2.49. The van der Waals surface area contributed by atoms with Crippen molar-refractivity contribution in [1.82, 2.24) is 19.2 Å². The molecular formula is C15H16N4O3. The number of aryl methyl sites for hydroxylation is 2. The fraction of sp³-hybridized carbons (Fsp3) is 0.333. The molecule has 3 rings (SSSR count). The van der Waals surface area contributed by atoms with Crippen molar-refractivity contribution < 1.29 is 9.53 Å². The van der Waals surface area contributed by atoms with E-state index in [1.54, 1.807) is 11.5 Å². The number of esters is 1. The van der Waals surface area contributed by atoms with Gasteiger partial charge in [-0.15, -0.1) is 5.10 Å². The smallest absolute Gasteiger partial charge is 0.378 e. The first-order valence-corrected chi connectivity index (χ1v) is 7.13. The second kappa shape index (κ2) is 5.25. The van der Waals surface area contributed by atoms with Gasteiger partial charge < -0.3 is 4.74 Å². The van der Waals surface area contributed by atoms with Crippen molar-refractivity contribution in [3.63, 3.8) is 0 Å². The van der Waals surface area contributed by atoms with Gasteiger partial charge in [-0.05, 0) is 32.9 Å². The van der Waals surface area contributed by atoms with E-state index in [1.165, 1.54) is 0 Å². The van der Waals surface area contributed by atoms with Crippen LogP contribution in [0.1, 0.15) is 30.0 Å². The van der Waals surface area contributed by atoms with Crippen molar-refractivity contribution in [2.75, 3.05) is 6.61 Å². The molecule has 3 aromatic rings. The lowest BCUT2D eigenvalue weighted by molar-refractivity contribution is 0.0512. The normalized spacial score (nSPS) is 11.2. The molecule has 0 saturated heterocycles. The molecule has 0 unspecified atom stereocenters. The Morgan fingerprint density at radius 1 is 1.32 bits per heavy atom. The van der Waals surface area contributed by atoms with E-state index in [4.69, 9.17) is 4.74 Å². The quantitative estimate of drug-likeness (QED) is 0.686. The lowest BCUT2D eigenvalue weighted by atomic mass is 10.1. The molecule has 0 fully saturated rings. The Kier molecular flexibility index (Phi) is 3.40. The SMILES string of the molecule is CCOC(=O)c1nc2c3cc(C)ccc3n(CC)c(=O)n2n1. The molecule has 2 heterocycles. The van der Waals surface area contributed by atoms with E-state index in [1.807, 2.05) is 32.0 Å². The number of fused-ring (bicyclic) bond motifs is 3. The molecule has 0 bridgehead atoms. The fourth-order valence-electron chi connectivity index (χ4n) is 2.49. The van der Waals surface area contributed by atoms with Crippen molar-refractivity contribution in [2.45, 2.75) is 27.3 Å². The molecule has 0 aliphatic carbocycles. The third-order valence-corrected chi connectivity index (χ3v) is 3.48. The van der Waals surface area contributed by atoms with Crippen molar-refractivity contribution in [3.8, 4) is 0 Å². The molecule has 0 radical (unpaired) electrons. The number of nitrogens with zero attached hydrogens (tertiary/aromatic N) is 4. The van der Waals surface area contributed by atoms with Crippen molar-refractivity contribution >= 4 is 22.5 Å². The zero-order valence-electron chi connectivity index (χ0n) is 12.7. The van der Waals surface area contributed by atoms with Gasteiger partial charge in [0, 0.05) is 11.9 Å². The van der Waals surface area contributed by atoms with E-state index in [0.29, 0.717) is 12.2 Å². The zero-order chi connectivity index (χ0) is 15.9. The number of rotatable bonds is 3. The van der Waals surface area contributed by atoms with Crippen LogP contribution in [0, 0.1) is 6.92 Å². The summed E-state index contributed by atoms with van der Waals surface area (Å²) in [4.78, 5) is 28.5. The summed E-state index contributed by atoms with van der Waals surface area (Å²) in [6, 6.07) is 5.75. The minimum absolute atomic E-state index is 0.101. The number of hydrogen-bond donors (Lipinski definition) is 0. The molecule has 114 valence electrons. The third kappa shape index (κ3) is 2.05. The topological polar surface area (TPSA) is 78.5 Å². The average molecular weight is 300 g/mol. The number of carbonyl (C=O) groups is 1. The number of carbonyl (C=O) groups excluding carboxylic acids is 1. The van der Waals surface area contributed by atoms with Crippen LogP contribution >= 0.6 is 0 Å². The van der Waals surface area contributed by atoms with Crippen LogP contribution in [0.3, 0.4) is 0 Å². The van der Waals surface area contributed by atoms with Crippen molar-refractivity contribution in [2.24, 2.45) is 0 Å². The van der Waals surface area contributed by atoms with Gasteiger partial charge in [0.05, 0.1) is 12.1 Å². The molecule has 0 atom stereocenters. The second-order valence-electron chi connectivity index (χ2n) is 4.94. The minimum Gasteiger partial charge on any atom is -0.460 e. The van der Waals surface area contributed by atoms with E-state index in [2.05, 4.69) is 10.1 Å². The molecule has 22 heavy (non-hydrogen) atoms. The Hall–Kier alpha value is -2.70. The lowest BCUT2D eigenvalue weighted by Gasteiger charge is -2.08. The summed E-state index contributed by atoms with van der Waals surface area (Å²) in [5.74, 6) is -0.731. The van der Waals surface area contributed by atoms with Gasteiger partial charge in [0.1, 0.15) is 0 Å². The second-order valence-corrected chi connectivity index (χ2v) is 4.94. The Bertz CT molecular complexity index is 939. The van der Waals surface area contributed by atoms with Crippen LogP contribution in [0.2, 0.25) is 0 Å². The van der Waals surface area contributed by atoms with Gasteiger partial charge in [0.15, 0.2) is 5.65 Å². The number of hydrogen-bond acceptors (Lipinski definition) is 5. The van der Waals surface area contributed by atoms with E-state index in [-0.39, 0.29) is 18.1 Å². The zero-order valence-corrected chi connectivity index (χ0v) is 12.7. The Balaban J connectivity index is 2.41. The maximum absolute atomic E-state index is 12.5. The molecule has 0 N–H and O–H groups in total. The molecule has 0 aliphatic rings. The van der Waals surface area contributed by atoms with Gasteiger partial charge in [-0.3, -0.25) is 4.57 Å². The van der Waals surface area contributed by atoms with E-state index in [0.717, 1.165) is 21.0 Å². The molecule has 0 amide bonds. The minimum atomic E-state index is -0.630. The summed E-state index contributed by atoms with van der Waals surface area (Å²) < 4.78 is 7.67. The highest BCUT2D eigenvalue weighted by Crippen LogP contribution is 2.19. The Labute approximate surface area is 126 Å². The molecule has 7 heteroatoms. The van der Waals surface area contributed by atoms with E-state index in [9.17, 15) is 9.59 Å². The molecule has 2 aromatic heterocycles. The summed E-state index contributed by atoms with van der Waals surface area (Å²) in [5, 5.41) is 4.80. The van der Waals surface area contributed by atoms with Gasteiger partial charge in [0.2, 0.25) is 0 Å². The lowest BCUT2D eigenvalue weighted by Crippen LogP contribution is -2.27. The first-order valence-electron chi connectivity index (χ1n) is 7.13. The number of ether oxygens (including phenoxy) is 1. The predicted molar refractivity (Wildman–Crippen MR) is 81.1 cm³/mol. The van der Waals surface area contributed by atoms with Gasteiger partial charge >= 0.3 is 11.7 Å². The average Bonchev–Trinajstić information content (AvgIpc) is 2.94. The Morgan fingerprint density at radius 2 is 2.09 bits per heavy atom. The molecule has 0 spiro atoms. The largest absolute Gasteiger partial charge is 0.460 e. The van der Waals surface area contributed by atoms with Crippen molar-refractivity contribution in [3.05, 3.63) is 40.1 Å². The first kappa shape index (κ1) is 14.2. The van der Waals surface area contributed by atoms with Crippen LogP contribution < -0.4 is 5.69 Å². The number of aromatic nitrogens is 4. The molecule has 0 aliphatic heterocycles. The van der Waals surface area contributed by atoms with E-state index >= 15 is 0 Å². The first-order chi connectivity index (χ1) is 10.6. The summed E-state index contributed by atoms with van der Waals surface area (Å²) in [6.45, 7) is 6.28. The van der Waals surface area contributed by atoms with Gasteiger partial charge in [-0.1, -0.05) is 11.6 Å². The van der Waals surface area contributed by atoms with Crippen LogP contribution in [0.5, 0.6) is 0 Å². The standard InChI is InChI=1S/C15H16N4O3/c1-4-18-11-7-6-9(3)8-10(11)13-16-12(14(20)22-5-2)17-19(13)15(18)21/h6-8H,4-5H2,1-3H3. The molecular weight excluding hydrogens is 284 g/mol. The monoisotopic (exact) mass is 300 g/mol. The van der Waals surface area contributed by atoms with E-state index < -0.39 is 5.97 Å². The van der Waals surface area contributed by atoms with Crippen LogP contribution in [-0.4, -0.2) is 31.7 Å². The molecule has 0 saturated carbocycles. The Morgan fingerprint density at radius 3 is 2.77 bits per heavy atom. The maximum Gasteiger partial charge on any atom is 0.378 e. The molecule has 1 aromatic carbocycles. The highest BCUT2D eigenvalue weighted by atomic mass is 16.5. The van der Waals surface area contributed by atoms with Crippen LogP contribution in [0.4, 0.5) is 0 Å². The number of benzene rings is 1. The highest BCUT2D eigenvalue weighted by Gasteiger charge is 2.19. The third-order valence-electron chi connectivity index (χ3n) is 3.48. The highest BCUT2D eigenvalue weighted by molar-refractivity contribution is 5.94. The summed E-state index contributed by atoms with van der Waals surface area (Å²) in [7, 11) is 0. The summed E-state index contributed by atoms with van der Waals surface area (Å²) in [6.07, 6.45) is 0. The van der Waals surface area contributed by atoms with Gasteiger partial charge in [-0.2, -0.15) is 4.52 Å². The van der Waals surface area contributed by atoms with Crippen LogP contribution in [0.15, 0.2) is 23.0 Å². The maximum atomic E-state index is 12.5.